The van der Waals surface area contributed by atoms with Gasteiger partial charge in [-0.05, 0) is 32.3 Å². The minimum atomic E-state index is -0.250. The van der Waals surface area contributed by atoms with Crippen LogP contribution in [0.25, 0.3) is 0 Å². The van der Waals surface area contributed by atoms with Crippen LogP contribution in [0.5, 0.6) is 0 Å². The Bertz CT molecular complexity index is 409. The summed E-state index contributed by atoms with van der Waals surface area (Å²) in [4.78, 5) is 11.5. The molecule has 1 fully saturated rings. The van der Waals surface area contributed by atoms with E-state index in [0.29, 0.717) is 0 Å². The standard InChI is InChI=1S/C14H18ClNO/c1-13(2,16-12(17)10-15)14(8-9-14)11-6-4-3-5-7-11/h3-7H,8-10H2,1-2H3,(H,16,17). The van der Waals surface area contributed by atoms with Gasteiger partial charge in [-0.1, -0.05) is 30.3 Å². The van der Waals surface area contributed by atoms with Gasteiger partial charge in [0.2, 0.25) is 5.91 Å². The van der Waals surface area contributed by atoms with Crippen LogP contribution < -0.4 is 5.32 Å². The largest absolute Gasteiger partial charge is 0.349 e. The molecule has 1 aliphatic carbocycles. The van der Waals surface area contributed by atoms with Crippen molar-refractivity contribution < 1.29 is 4.79 Å². The number of carbonyl (C=O) groups is 1. The maximum atomic E-state index is 11.5. The van der Waals surface area contributed by atoms with Crippen molar-refractivity contribution in [3.05, 3.63) is 35.9 Å². The van der Waals surface area contributed by atoms with E-state index in [-0.39, 0.29) is 22.7 Å². The van der Waals surface area contributed by atoms with E-state index in [2.05, 4.69) is 43.4 Å². The number of hydrogen-bond acceptors (Lipinski definition) is 1. The van der Waals surface area contributed by atoms with Gasteiger partial charge < -0.3 is 5.32 Å². The predicted molar refractivity (Wildman–Crippen MR) is 70.3 cm³/mol. The second kappa shape index (κ2) is 4.34. The molecule has 17 heavy (non-hydrogen) atoms. The molecule has 0 aromatic heterocycles. The fourth-order valence-electron chi connectivity index (χ4n) is 2.66. The minimum Gasteiger partial charge on any atom is -0.349 e. The highest BCUT2D eigenvalue weighted by atomic mass is 35.5. The van der Waals surface area contributed by atoms with Gasteiger partial charge in [0, 0.05) is 11.0 Å². The van der Waals surface area contributed by atoms with Gasteiger partial charge in [0.1, 0.15) is 5.88 Å². The molecule has 2 rings (SSSR count). The molecule has 0 heterocycles. The Morgan fingerprint density at radius 1 is 1.35 bits per heavy atom. The summed E-state index contributed by atoms with van der Waals surface area (Å²) in [5.74, 6) is -0.0761. The van der Waals surface area contributed by atoms with Crippen LogP contribution in [0.1, 0.15) is 32.3 Å². The van der Waals surface area contributed by atoms with Crippen LogP contribution in [0.2, 0.25) is 0 Å². The van der Waals surface area contributed by atoms with Crippen molar-refractivity contribution >= 4 is 17.5 Å². The van der Waals surface area contributed by atoms with E-state index < -0.39 is 0 Å². The zero-order valence-electron chi connectivity index (χ0n) is 10.3. The molecule has 1 aromatic rings. The van der Waals surface area contributed by atoms with E-state index in [0.717, 1.165) is 12.8 Å². The smallest absolute Gasteiger partial charge is 0.235 e. The van der Waals surface area contributed by atoms with Crippen LogP contribution in [-0.4, -0.2) is 17.3 Å². The average Bonchev–Trinajstić information content (AvgIpc) is 3.11. The quantitative estimate of drug-likeness (QED) is 0.820. The maximum Gasteiger partial charge on any atom is 0.235 e. The van der Waals surface area contributed by atoms with Crippen LogP contribution in [0.15, 0.2) is 30.3 Å². The van der Waals surface area contributed by atoms with Gasteiger partial charge in [0.15, 0.2) is 0 Å². The summed E-state index contributed by atoms with van der Waals surface area (Å²) in [7, 11) is 0. The third-order valence-electron chi connectivity index (χ3n) is 3.85. The molecule has 0 saturated heterocycles. The molecule has 2 nitrogen and oxygen atoms in total. The number of rotatable bonds is 4. The lowest BCUT2D eigenvalue weighted by Crippen LogP contribution is -2.52. The van der Waals surface area contributed by atoms with Crippen LogP contribution in [-0.2, 0) is 10.2 Å². The molecule has 0 aliphatic heterocycles. The van der Waals surface area contributed by atoms with Gasteiger partial charge in [-0.25, -0.2) is 0 Å². The van der Waals surface area contributed by atoms with Gasteiger partial charge in [-0.3, -0.25) is 4.79 Å². The number of carbonyl (C=O) groups excluding carboxylic acids is 1. The highest BCUT2D eigenvalue weighted by molar-refractivity contribution is 6.27. The van der Waals surface area contributed by atoms with Crippen molar-refractivity contribution in [1.29, 1.82) is 0 Å². The molecule has 1 N–H and O–H groups in total. The second-order valence-corrected chi connectivity index (χ2v) is 5.52. The second-order valence-electron chi connectivity index (χ2n) is 5.25. The fourth-order valence-corrected chi connectivity index (χ4v) is 2.73. The summed E-state index contributed by atoms with van der Waals surface area (Å²) in [5.41, 5.74) is 1.14. The zero-order chi connectivity index (χ0) is 12.5. The minimum absolute atomic E-state index is 0.0221. The summed E-state index contributed by atoms with van der Waals surface area (Å²) in [6, 6.07) is 10.4. The van der Waals surface area contributed by atoms with E-state index in [9.17, 15) is 4.79 Å². The number of hydrogen-bond donors (Lipinski definition) is 1. The van der Waals surface area contributed by atoms with Crippen molar-refractivity contribution in [3.8, 4) is 0 Å². The first kappa shape index (κ1) is 12.4. The first-order valence-electron chi connectivity index (χ1n) is 5.94. The van der Waals surface area contributed by atoms with Gasteiger partial charge in [0.05, 0.1) is 0 Å². The normalized spacial score (nSPS) is 17.6. The topological polar surface area (TPSA) is 29.1 Å². The first-order chi connectivity index (χ1) is 8.02. The van der Waals surface area contributed by atoms with E-state index in [4.69, 9.17) is 11.6 Å². The molecule has 1 aromatic carbocycles. The fraction of sp³-hybridized carbons (Fsp3) is 0.500. The van der Waals surface area contributed by atoms with Crippen LogP contribution in [0.3, 0.4) is 0 Å². The van der Waals surface area contributed by atoms with E-state index in [1.165, 1.54) is 5.56 Å². The van der Waals surface area contributed by atoms with Crippen LogP contribution in [0, 0.1) is 0 Å². The molecule has 1 saturated carbocycles. The Morgan fingerprint density at radius 3 is 2.41 bits per heavy atom. The summed E-state index contributed by atoms with van der Waals surface area (Å²) < 4.78 is 0. The Hall–Kier alpha value is -1.02. The lowest BCUT2D eigenvalue weighted by molar-refractivity contribution is -0.120. The molecule has 0 atom stereocenters. The van der Waals surface area contributed by atoms with Gasteiger partial charge in [-0.2, -0.15) is 0 Å². The van der Waals surface area contributed by atoms with Crippen LogP contribution in [0.4, 0.5) is 0 Å². The number of nitrogens with one attached hydrogen (secondary N) is 1. The van der Waals surface area contributed by atoms with E-state index in [1.54, 1.807) is 0 Å². The number of halogens is 1. The third kappa shape index (κ3) is 2.19. The number of benzene rings is 1. The molecule has 0 bridgehead atoms. The van der Waals surface area contributed by atoms with Gasteiger partial charge in [0.25, 0.3) is 0 Å². The zero-order valence-corrected chi connectivity index (χ0v) is 11.1. The van der Waals surface area contributed by atoms with Gasteiger partial charge >= 0.3 is 0 Å². The molecule has 0 spiro atoms. The Labute approximate surface area is 107 Å². The Kier molecular flexibility index (Phi) is 3.17. The molecule has 1 amide bonds. The van der Waals surface area contributed by atoms with Crippen molar-refractivity contribution in [3.63, 3.8) is 0 Å². The van der Waals surface area contributed by atoms with Crippen molar-refractivity contribution in [1.82, 2.24) is 5.32 Å². The molecule has 92 valence electrons. The first-order valence-corrected chi connectivity index (χ1v) is 6.48. The van der Waals surface area contributed by atoms with Gasteiger partial charge in [-0.15, -0.1) is 11.6 Å². The van der Waals surface area contributed by atoms with Crippen molar-refractivity contribution in [2.45, 2.75) is 37.6 Å². The van der Waals surface area contributed by atoms with E-state index >= 15 is 0 Å². The number of amides is 1. The number of alkyl halides is 1. The molecular formula is C14H18ClNO. The summed E-state index contributed by atoms with van der Waals surface area (Å²) in [6.07, 6.45) is 2.24. The predicted octanol–water partition coefficient (Wildman–Crippen LogP) is 2.85. The van der Waals surface area contributed by atoms with Crippen LogP contribution >= 0.6 is 11.6 Å². The lowest BCUT2D eigenvalue weighted by Gasteiger charge is -2.36. The third-order valence-corrected chi connectivity index (χ3v) is 4.09. The molecular weight excluding hydrogens is 234 g/mol. The molecule has 0 unspecified atom stereocenters. The Morgan fingerprint density at radius 2 is 1.94 bits per heavy atom. The van der Waals surface area contributed by atoms with E-state index in [1.807, 2.05) is 6.07 Å². The summed E-state index contributed by atoms with van der Waals surface area (Å²) in [6.45, 7) is 4.16. The summed E-state index contributed by atoms with van der Waals surface area (Å²) in [5, 5.41) is 3.04. The molecule has 0 radical (unpaired) electrons. The molecule has 1 aliphatic rings. The highest BCUT2D eigenvalue weighted by Crippen LogP contribution is 2.55. The summed E-state index contributed by atoms with van der Waals surface area (Å²) >= 11 is 5.56. The Balaban J connectivity index is 2.24. The SMILES string of the molecule is CC(C)(NC(=O)CCl)C1(c2ccccc2)CC1. The average molecular weight is 252 g/mol. The highest BCUT2D eigenvalue weighted by Gasteiger charge is 2.55. The van der Waals surface area contributed by atoms with Crippen molar-refractivity contribution in [2.75, 3.05) is 5.88 Å². The maximum absolute atomic E-state index is 11.5. The lowest BCUT2D eigenvalue weighted by atomic mass is 9.78. The monoisotopic (exact) mass is 251 g/mol. The molecule has 3 heteroatoms. The van der Waals surface area contributed by atoms with Crippen molar-refractivity contribution in [2.24, 2.45) is 0 Å².